The van der Waals surface area contributed by atoms with Crippen molar-refractivity contribution in [1.82, 2.24) is 10.2 Å². The summed E-state index contributed by atoms with van der Waals surface area (Å²) >= 11 is 0. The summed E-state index contributed by atoms with van der Waals surface area (Å²) < 4.78 is 0. The van der Waals surface area contributed by atoms with Gasteiger partial charge in [-0.1, -0.05) is 6.07 Å². The van der Waals surface area contributed by atoms with Crippen LogP contribution in [0.25, 0.3) is 0 Å². The minimum absolute atomic E-state index is 0.0102. The molecule has 3 aliphatic heterocycles. The predicted octanol–water partition coefficient (Wildman–Crippen LogP) is 0.653. The number of carbonyl (C=O) groups is 3. The van der Waals surface area contributed by atoms with Gasteiger partial charge in [0.2, 0.25) is 11.8 Å². The maximum Gasteiger partial charge on any atom is 0.407 e. The average molecular weight is 358 g/mol. The maximum absolute atomic E-state index is 12.2. The molecule has 1 aromatic rings. The molecule has 2 saturated heterocycles. The second-order valence-electron chi connectivity index (χ2n) is 7.14. The first-order valence-corrected chi connectivity index (χ1v) is 8.88. The van der Waals surface area contributed by atoms with Gasteiger partial charge in [0.05, 0.1) is 6.04 Å². The molecule has 1 atom stereocenters. The van der Waals surface area contributed by atoms with Crippen LogP contribution in [0.15, 0.2) is 18.2 Å². The number of nitrogens with zero attached hydrogens (tertiary/aromatic N) is 3. The van der Waals surface area contributed by atoms with Gasteiger partial charge in [-0.3, -0.25) is 14.9 Å². The van der Waals surface area contributed by atoms with E-state index in [0.29, 0.717) is 25.9 Å². The number of nitrogens with one attached hydrogen (secondary N) is 1. The highest BCUT2D eigenvalue weighted by Crippen LogP contribution is 2.39. The summed E-state index contributed by atoms with van der Waals surface area (Å²) in [7, 11) is 1.60. The van der Waals surface area contributed by atoms with Crippen LogP contribution in [-0.2, 0) is 16.0 Å². The highest BCUT2D eigenvalue weighted by atomic mass is 16.4. The largest absolute Gasteiger partial charge is 0.465 e. The van der Waals surface area contributed by atoms with Crippen LogP contribution in [0, 0.1) is 0 Å². The van der Waals surface area contributed by atoms with E-state index in [1.165, 1.54) is 10.5 Å². The van der Waals surface area contributed by atoms with Crippen molar-refractivity contribution >= 4 is 29.3 Å². The van der Waals surface area contributed by atoms with Gasteiger partial charge in [-0.15, -0.1) is 0 Å². The van der Waals surface area contributed by atoms with Gasteiger partial charge >= 0.3 is 6.09 Å². The molecule has 0 bridgehead atoms. The third-order valence-electron chi connectivity index (χ3n) is 5.68. The Morgan fingerprint density at radius 1 is 1.23 bits per heavy atom. The molecule has 8 nitrogen and oxygen atoms in total. The lowest BCUT2D eigenvalue weighted by atomic mass is 10.0. The molecule has 2 fully saturated rings. The first-order chi connectivity index (χ1) is 12.5. The standard InChI is InChI=1S/C18H22N4O4/c1-20(18(25)26)11-9-21(10-11)13-3-2-4-14-12(13)7-8-22(14)15-5-6-16(23)19-17(15)24/h2-4,11,15H,5-10H2,1H3,(H,25,26)(H,19,23,24)/t15-/m1/s1. The summed E-state index contributed by atoms with van der Waals surface area (Å²) in [6.07, 6.45) is 0.858. The van der Waals surface area contributed by atoms with Crippen molar-refractivity contribution in [2.45, 2.75) is 31.3 Å². The normalized spacial score (nSPS) is 22.7. The van der Waals surface area contributed by atoms with E-state index in [1.54, 1.807) is 7.05 Å². The molecule has 3 amide bonds. The molecule has 8 heteroatoms. The topological polar surface area (TPSA) is 93.2 Å². The first kappa shape index (κ1) is 16.7. The molecule has 26 heavy (non-hydrogen) atoms. The van der Waals surface area contributed by atoms with Crippen LogP contribution in [0.2, 0.25) is 0 Å². The molecule has 2 N–H and O–H groups in total. The van der Waals surface area contributed by atoms with Crippen LogP contribution in [0.5, 0.6) is 0 Å². The number of likely N-dealkylation sites (N-methyl/N-ethyl adjacent to an activating group) is 1. The number of carbonyl (C=O) groups excluding carboxylic acids is 2. The van der Waals surface area contributed by atoms with Crippen LogP contribution in [0.4, 0.5) is 16.2 Å². The highest BCUT2D eigenvalue weighted by Gasteiger charge is 2.38. The Hall–Kier alpha value is -2.77. The Labute approximate surface area is 151 Å². The molecule has 0 aromatic heterocycles. The molecule has 0 spiro atoms. The van der Waals surface area contributed by atoms with Gasteiger partial charge in [-0.25, -0.2) is 4.79 Å². The number of hydrogen-bond acceptors (Lipinski definition) is 5. The van der Waals surface area contributed by atoms with Crippen molar-refractivity contribution in [1.29, 1.82) is 0 Å². The number of imide groups is 1. The minimum Gasteiger partial charge on any atom is -0.465 e. The molecular formula is C18H22N4O4. The molecule has 0 radical (unpaired) electrons. The lowest BCUT2D eigenvalue weighted by molar-refractivity contribution is -0.134. The van der Waals surface area contributed by atoms with E-state index in [9.17, 15) is 14.4 Å². The number of anilines is 2. The van der Waals surface area contributed by atoms with E-state index in [1.807, 2.05) is 12.1 Å². The van der Waals surface area contributed by atoms with Crippen molar-refractivity contribution < 1.29 is 19.5 Å². The lowest BCUT2D eigenvalue weighted by Gasteiger charge is -2.45. The Balaban J connectivity index is 1.52. The van der Waals surface area contributed by atoms with Crippen molar-refractivity contribution in [3.63, 3.8) is 0 Å². The van der Waals surface area contributed by atoms with Crippen molar-refractivity contribution in [2.24, 2.45) is 0 Å². The van der Waals surface area contributed by atoms with Crippen LogP contribution >= 0.6 is 0 Å². The van der Waals surface area contributed by atoms with Crippen LogP contribution in [0.1, 0.15) is 18.4 Å². The second-order valence-corrected chi connectivity index (χ2v) is 7.14. The fourth-order valence-electron chi connectivity index (χ4n) is 4.09. The number of amides is 3. The van der Waals surface area contributed by atoms with E-state index in [4.69, 9.17) is 5.11 Å². The average Bonchev–Trinajstić information content (AvgIpc) is 2.98. The molecular weight excluding hydrogens is 336 g/mol. The van der Waals surface area contributed by atoms with Gasteiger partial charge in [0.15, 0.2) is 0 Å². The van der Waals surface area contributed by atoms with Gasteiger partial charge in [-0.2, -0.15) is 0 Å². The molecule has 0 unspecified atom stereocenters. The quantitative estimate of drug-likeness (QED) is 0.771. The molecule has 3 aliphatic rings. The first-order valence-electron chi connectivity index (χ1n) is 8.88. The van der Waals surface area contributed by atoms with Crippen LogP contribution in [0.3, 0.4) is 0 Å². The fraction of sp³-hybridized carbons (Fsp3) is 0.500. The van der Waals surface area contributed by atoms with Gasteiger partial charge < -0.3 is 19.8 Å². The van der Waals surface area contributed by atoms with Crippen molar-refractivity contribution in [2.75, 3.05) is 36.5 Å². The van der Waals surface area contributed by atoms with E-state index in [-0.39, 0.29) is 23.9 Å². The third-order valence-corrected chi connectivity index (χ3v) is 5.68. The zero-order valence-corrected chi connectivity index (χ0v) is 14.6. The summed E-state index contributed by atoms with van der Waals surface area (Å²) in [6.45, 7) is 2.11. The van der Waals surface area contributed by atoms with E-state index >= 15 is 0 Å². The Bertz CT molecular complexity index is 774. The second kappa shape index (κ2) is 6.19. The SMILES string of the molecule is CN(C(=O)O)C1CN(c2cccc3c2CCN3[C@@H]2CCC(=O)NC2=O)C1. The van der Waals surface area contributed by atoms with Gasteiger partial charge in [-0.05, 0) is 25.0 Å². The van der Waals surface area contributed by atoms with Gasteiger partial charge in [0.25, 0.3) is 0 Å². The smallest absolute Gasteiger partial charge is 0.407 e. The summed E-state index contributed by atoms with van der Waals surface area (Å²) in [5.41, 5.74) is 3.37. The third kappa shape index (κ3) is 2.65. The fourth-order valence-corrected chi connectivity index (χ4v) is 4.09. The summed E-state index contributed by atoms with van der Waals surface area (Å²) in [4.78, 5) is 40.3. The summed E-state index contributed by atoms with van der Waals surface area (Å²) in [5, 5.41) is 11.5. The van der Waals surface area contributed by atoms with Crippen molar-refractivity contribution in [3.8, 4) is 0 Å². The summed E-state index contributed by atoms with van der Waals surface area (Å²) in [6, 6.07) is 5.77. The number of piperidine rings is 1. The van der Waals surface area contributed by atoms with Crippen LogP contribution < -0.4 is 15.1 Å². The lowest BCUT2D eigenvalue weighted by Crippen LogP contribution is -2.59. The minimum atomic E-state index is -0.906. The molecule has 138 valence electrons. The zero-order chi connectivity index (χ0) is 18.4. The monoisotopic (exact) mass is 358 g/mol. The summed E-state index contributed by atoms with van der Waals surface area (Å²) in [5.74, 6) is -0.416. The molecule has 4 rings (SSSR count). The van der Waals surface area contributed by atoms with Gasteiger partial charge in [0.1, 0.15) is 6.04 Å². The van der Waals surface area contributed by atoms with E-state index in [0.717, 1.165) is 24.3 Å². The number of rotatable bonds is 3. The molecule has 3 heterocycles. The number of fused-ring (bicyclic) bond motifs is 1. The Morgan fingerprint density at radius 2 is 1.96 bits per heavy atom. The highest BCUT2D eigenvalue weighted by molar-refractivity contribution is 6.02. The molecule has 1 aromatic carbocycles. The number of benzene rings is 1. The Morgan fingerprint density at radius 3 is 2.65 bits per heavy atom. The number of hydrogen-bond donors (Lipinski definition) is 2. The van der Waals surface area contributed by atoms with Crippen molar-refractivity contribution in [3.05, 3.63) is 23.8 Å². The van der Waals surface area contributed by atoms with Gasteiger partial charge in [0, 0.05) is 50.0 Å². The molecule has 0 saturated carbocycles. The predicted molar refractivity (Wildman–Crippen MR) is 95.5 cm³/mol. The zero-order valence-electron chi connectivity index (χ0n) is 14.6. The number of carboxylic acid groups (broad SMARTS) is 1. The van der Waals surface area contributed by atoms with Crippen LogP contribution in [-0.4, -0.2) is 66.7 Å². The van der Waals surface area contributed by atoms with E-state index < -0.39 is 6.09 Å². The molecule has 0 aliphatic carbocycles. The van der Waals surface area contributed by atoms with E-state index in [2.05, 4.69) is 21.2 Å². The Kier molecular flexibility index (Phi) is 3.97. The maximum atomic E-state index is 12.2.